The topological polar surface area (TPSA) is 35.6 Å². The molecule has 0 spiro atoms. The van der Waals surface area contributed by atoms with Gasteiger partial charge in [0.15, 0.2) is 0 Å². The van der Waals surface area contributed by atoms with Gasteiger partial charge in [-0.05, 0) is 39.9 Å². The molecule has 1 saturated heterocycles. The zero-order valence-corrected chi connectivity index (χ0v) is 9.42. The second-order valence-corrected chi connectivity index (χ2v) is 4.04. The Balaban J connectivity index is 2.27. The van der Waals surface area contributed by atoms with Gasteiger partial charge in [0.1, 0.15) is 0 Å². The Kier molecular flexibility index (Phi) is 4.20. The van der Waals surface area contributed by atoms with Gasteiger partial charge in [0.25, 0.3) is 0 Å². The molecule has 1 aliphatic heterocycles. The van der Waals surface area contributed by atoms with Crippen molar-refractivity contribution >= 4 is 6.03 Å². The smallest absolute Gasteiger partial charge is 0.317 e. The largest absolute Gasteiger partial charge is 0.335 e. The van der Waals surface area contributed by atoms with Gasteiger partial charge in [-0.25, -0.2) is 4.79 Å². The lowest BCUT2D eigenvalue weighted by Crippen LogP contribution is -2.47. The van der Waals surface area contributed by atoms with Crippen LogP contribution in [-0.2, 0) is 0 Å². The van der Waals surface area contributed by atoms with Crippen LogP contribution in [0.2, 0.25) is 0 Å². The van der Waals surface area contributed by atoms with Crippen molar-refractivity contribution in [2.75, 3.05) is 33.7 Å². The first-order valence-corrected chi connectivity index (χ1v) is 5.33. The molecule has 2 amide bonds. The maximum Gasteiger partial charge on any atom is 0.317 e. The van der Waals surface area contributed by atoms with E-state index in [1.54, 1.807) is 4.90 Å². The lowest BCUT2D eigenvalue weighted by atomic mass is 10.1. The molecule has 4 nitrogen and oxygen atoms in total. The third-order valence-corrected chi connectivity index (χ3v) is 2.87. The van der Waals surface area contributed by atoms with E-state index in [0.29, 0.717) is 6.04 Å². The summed E-state index contributed by atoms with van der Waals surface area (Å²) in [6.45, 7) is 4.91. The van der Waals surface area contributed by atoms with Crippen LogP contribution in [0, 0.1) is 0 Å². The Morgan fingerprint density at radius 2 is 2.07 bits per heavy atom. The van der Waals surface area contributed by atoms with Gasteiger partial charge in [-0.3, -0.25) is 0 Å². The van der Waals surface area contributed by atoms with Crippen LogP contribution in [0.5, 0.6) is 0 Å². The number of carbonyl (C=O) groups excluding carboxylic acids is 1. The van der Waals surface area contributed by atoms with Crippen molar-refractivity contribution < 1.29 is 4.79 Å². The molecule has 0 aliphatic carbocycles. The average Bonchev–Trinajstić information content (AvgIpc) is 2.20. The fourth-order valence-electron chi connectivity index (χ4n) is 1.58. The van der Waals surface area contributed by atoms with E-state index in [4.69, 9.17) is 0 Å². The number of amides is 2. The molecule has 0 atom stereocenters. The van der Waals surface area contributed by atoms with E-state index in [9.17, 15) is 4.79 Å². The second-order valence-electron chi connectivity index (χ2n) is 4.04. The molecule has 82 valence electrons. The minimum Gasteiger partial charge on any atom is -0.335 e. The van der Waals surface area contributed by atoms with Gasteiger partial charge in [0.05, 0.1) is 0 Å². The summed E-state index contributed by atoms with van der Waals surface area (Å²) >= 11 is 0. The normalized spacial score (nSPS) is 19.4. The maximum absolute atomic E-state index is 11.5. The third kappa shape index (κ3) is 3.18. The Morgan fingerprint density at radius 3 is 2.57 bits per heavy atom. The number of nitrogens with zero attached hydrogens (tertiary/aromatic N) is 2. The number of nitrogens with one attached hydrogen (secondary N) is 1. The van der Waals surface area contributed by atoms with E-state index in [0.717, 1.165) is 32.5 Å². The van der Waals surface area contributed by atoms with Crippen molar-refractivity contribution in [3.8, 4) is 0 Å². The van der Waals surface area contributed by atoms with Gasteiger partial charge in [0, 0.05) is 19.6 Å². The summed E-state index contributed by atoms with van der Waals surface area (Å²) in [7, 11) is 3.94. The number of piperidine rings is 1. The second kappa shape index (κ2) is 5.20. The van der Waals surface area contributed by atoms with E-state index in [-0.39, 0.29) is 6.03 Å². The summed E-state index contributed by atoms with van der Waals surface area (Å²) in [6.07, 6.45) is 2.14. The molecule has 0 saturated carbocycles. The van der Waals surface area contributed by atoms with E-state index in [1.807, 2.05) is 14.0 Å². The molecule has 0 radical (unpaired) electrons. The predicted molar refractivity (Wildman–Crippen MR) is 57.4 cm³/mol. The first kappa shape index (κ1) is 11.3. The molecule has 4 heteroatoms. The number of likely N-dealkylation sites (tertiary alicyclic amines) is 1. The Bertz CT molecular complexity index is 188. The fourth-order valence-corrected chi connectivity index (χ4v) is 1.58. The van der Waals surface area contributed by atoms with Crippen LogP contribution in [0.4, 0.5) is 4.79 Å². The lowest BCUT2D eigenvalue weighted by Gasteiger charge is -2.30. The van der Waals surface area contributed by atoms with Crippen molar-refractivity contribution in [2.24, 2.45) is 0 Å². The molecule has 0 aromatic rings. The van der Waals surface area contributed by atoms with Gasteiger partial charge < -0.3 is 15.1 Å². The molecule has 1 aliphatic rings. The molecule has 1 N–H and O–H groups in total. The molecule has 0 bridgehead atoms. The highest BCUT2D eigenvalue weighted by molar-refractivity contribution is 5.74. The summed E-state index contributed by atoms with van der Waals surface area (Å²) in [5.41, 5.74) is 0. The SMILES string of the molecule is CCN(C)C(=O)NC1CCN(C)CC1. The first-order chi connectivity index (χ1) is 6.63. The Morgan fingerprint density at radius 1 is 1.50 bits per heavy atom. The van der Waals surface area contributed by atoms with Crippen molar-refractivity contribution in [2.45, 2.75) is 25.8 Å². The number of carbonyl (C=O) groups is 1. The molecule has 0 aromatic carbocycles. The average molecular weight is 199 g/mol. The van der Waals surface area contributed by atoms with Gasteiger partial charge in [0.2, 0.25) is 0 Å². The molecule has 1 heterocycles. The highest BCUT2D eigenvalue weighted by Crippen LogP contribution is 2.08. The third-order valence-electron chi connectivity index (χ3n) is 2.87. The summed E-state index contributed by atoms with van der Waals surface area (Å²) < 4.78 is 0. The quantitative estimate of drug-likeness (QED) is 0.712. The predicted octanol–water partition coefficient (Wildman–Crippen LogP) is 0.742. The zero-order valence-electron chi connectivity index (χ0n) is 9.42. The molecule has 0 unspecified atom stereocenters. The van der Waals surface area contributed by atoms with Crippen molar-refractivity contribution in [1.82, 2.24) is 15.1 Å². The number of hydrogen-bond donors (Lipinski definition) is 1. The summed E-state index contributed by atoms with van der Waals surface area (Å²) in [5.74, 6) is 0. The van der Waals surface area contributed by atoms with Crippen LogP contribution < -0.4 is 5.32 Å². The van der Waals surface area contributed by atoms with Crippen LogP contribution in [0.25, 0.3) is 0 Å². The maximum atomic E-state index is 11.5. The molecule has 0 aromatic heterocycles. The van der Waals surface area contributed by atoms with Crippen molar-refractivity contribution in [3.05, 3.63) is 0 Å². The molecule has 1 fully saturated rings. The number of rotatable bonds is 2. The highest BCUT2D eigenvalue weighted by atomic mass is 16.2. The number of urea groups is 1. The summed E-state index contributed by atoms with van der Waals surface area (Å²) in [4.78, 5) is 15.5. The van der Waals surface area contributed by atoms with Gasteiger partial charge in [-0.2, -0.15) is 0 Å². The van der Waals surface area contributed by atoms with Crippen molar-refractivity contribution in [3.63, 3.8) is 0 Å². The molecule has 14 heavy (non-hydrogen) atoms. The monoisotopic (exact) mass is 199 g/mol. The van der Waals surface area contributed by atoms with Gasteiger partial charge >= 0.3 is 6.03 Å². The van der Waals surface area contributed by atoms with E-state index in [2.05, 4.69) is 17.3 Å². The minimum atomic E-state index is 0.0575. The van der Waals surface area contributed by atoms with E-state index < -0.39 is 0 Å². The molecular weight excluding hydrogens is 178 g/mol. The van der Waals surface area contributed by atoms with Crippen molar-refractivity contribution in [1.29, 1.82) is 0 Å². The summed E-state index contributed by atoms with van der Waals surface area (Å²) in [6, 6.07) is 0.426. The van der Waals surface area contributed by atoms with E-state index >= 15 is 0 Å². The Hall–Kier alpha value is -0.770. The Labute approximate surface area is 86.2 Å². The summed E-state index contributed by atoms with van der Waals surface area (Å²) in [5, 5.41) is 3.05. The van der Waals surface area contributed by atoms with Crippen LogP contribution in [0.3, 0.4) is 0 Å². The minimum absolute atomic E-state index is 0.0575. The van der Waals surface area contributed by atoms with Crippen LogP contribution in [0.15, 0.2) is 0 Å². The molecular formula is C10H21N3O. The molecule has 1 rings (SSSR count). The van der Waals surface area contributed by atoms with E-state index in [1.165, 1.54) is 0 Å². The van der Waals surface area contributed by atoms with Gasteiger partial charge in [-0.15, -0.1) is 0 Å². The van der Waals surface area contributed by atoms with Crippen LogP contribution in [-0.4, -0.2) is 55.6 Å². The standard InChI is InChI=1S/C10H21N3O/c1-4-13(3)10(14)11-9-5-7-12(2)8-6-9/h9H,4-8H2,1-3H3,(H,11,14). The van der Waals surface area contributed by atoms with Crippen LogP contribution >= 0.6 is 0 Å². The lowest BCUT2D eigenvalue weighted by molar-refractivity contribution is 0.191. The fraction of sp³-hybridized carbons (Fsp3) is 0.900. The van der Waals surface area contributed by atoms with Gasteiger partial charge in [-0.1, -0.05) is 0 Å². The zero-order chi connectivity index (χ0) is 10.6. The first-order valence-electron chi connectivity index (χ1n) is 5.33. The van der Waals surface area contributed by atoms with Crippen LogP contribution in [0.1, 0.15) is 19.8 Å². The highest BCUT2D eigenvalue weighted by Gasteiger charge is 2.19. The number of hydrogen-bond acceptors (Lipinski definition) is 2.